The second-order valence-electron chi connectivity index (χ2n) is 6.29. The lowest BCUT2D eigenvalue weighted by Gasteiger charge is -2.32. The van der Waals surface area contributed by atoms with Gasteiger partial charge >= 0.3 is 0 Å². The minimum atomic E-state index is -0.000353. The zero-order valence-electron chi connectivity index (χ0n) is 12.4. The van der Waals surface area contributed by atoms with Crippen LogP contribution in [0.2, 0.25) is 0 Å². The second kappa shape index (κ2) is 5.56. The SMILES string of the molecule is CC1CCNC(C(=O)N(Cc2nccn2C)C2CC2)C1. The Bertz CT molecular complexity index is 480. The number of amides is 1. The quantitative estimate of drug-likeness (QED) is 0.902. The molecule has 0 spiro atoms. The van der Waals surface area contributed by atoms with Gasteiger partial charge < -0.3 is 14.8 Å². The fraction of sp³-hybridized carbons (Fsp3) is 0.733. The predicted octanol–water partition coefficient (Wildman–Crippen LogP) is 1.30. The standard InChI is InChI=1S/C15H24N4O/c1-11-5-6-16-13(9-11)15(20)19(12-3-4-12)10-14-17-7-8-18(14)2/h7-8,11-13,16H,3-6,9-10H2,1-2H3. The molecule has 1 aliphatic heterocycles. The van der Waals surface area contributed by atoms with Gasteiger partial charge in [0.1, 0.15) is 5.82 Å². The van der Waals surface area contributed by atoms with Gasteiger partial charge in [-0.2, -0.15) is 0 Å². The lowest BCUT2D eigenvalue weighted by Crippen LogP contribution is -2.50. The van der Waals surface area contributed by atoms with E-state index in [1.165, 1.54) is 6.42 Å². The molecular formula is C15H24N4O. The average Bonchev–Trinajstić information content (AvgIpc) is 3.19. The smallest absolute Gasteiger partial charge is 0.240 e. The highest BCUT2D eigenvalue weighted by molar-refractivity contribution is 5.82. The third-order valence-electron chi connectivity index (χ3n) is 4.47. The molecule has 5 heteroatoms. The monoisotopic (exact) mass is 276 g/mol. The van der Waals surface area contributed by atoms with Crippen molar-refractivity contribution in [2.45, 2.75) is 51.2 Å². The summed E-state index contributed by atoms with van der Waals surface area (Å²) in [5.74, 6) is 1.87. The van der Waals surface area contributed by atoms with Crippen LogP contribution in [0.3, 0.4) is 0 Å². The summed E-state index contributed by atoms with van der Waals surface area (Å²) in [5.41, 5.74) is 0. The average molecular weight is 276 g/mol. The lowest BCUT2D eigenvalue weighted by atomic mass is 9.93. The van der Waals surface area contributed by atoms with Gasteiger partial charge in [0, 0.05) is 25.5 Å². The molecule has 110 valence electrons. The van der Waals surface area contributed by atoms with Gasteiger partial charge in [0.05, 0.1) is 12.6 Å². The summed E-state index contributed by atoms with van der Waals surface area (Å²) in [4.78, 5) is 19.2. The molecule has 1 aromatic rings. The van der Waals surface area contributed by atoms with Crippen LogP contribution in [-0.2, 0) is 18.4 Å². The summed E-state index contributed by atoms with van der Waals surface area (Å²) in [5, 5.41) is 3.39. The maximum Gasteiger partial charge on any atom is 0.240 e. The summed E-state index contributed by atoms with van der Waals surface area (Å²) >= 11 is 0. The van der Waals surface area contributed by atoms with Crippen LogP contribution in [0.25, 0.3) is 0 Å². The van der Waals surface area contributed by atoms with Crippen molar-refractivity contribution in [3.8, 4) is 0 Å². The maximum absolute atomic E-state index is 12.8. The van der Waals surface area contributed by atoms with Crippen LogP contribution >= 0.6 is 0 Å². The zero-order chi connectivity index (χ0) is 14.1. The van der Waals surface area contributed by atoms with Crippen LogP contribution in [0.5, 0.6) is 0 Å². The molecule has 1 saturated heterocycles. The van der Waals surface area contributed by atoms with Crippen LogP contribution in [0.15, 0.2) is 12.4 Å². The van der Waals surface area contributed by atoms with Crippen LogP contribution in [-0.4, -0.2) is 39.0 Å². The molecule has 2 fully saturated rings. The Kier molecular flexibility index (Phi) is 3.78. The molecule has 0 radical (unpaired) electrons. The van der Waals surface area contributed by atoms with E-state index in [1.807, 2.05) is 22.7 Å². The van der Waals surface area contributed by atoms with Gasteiger partial charge in [-0.05, 0) is 38.1 Å². The number of hydrogen-bond acceptors (Lipinski definition) is 3. The fourth-order valence-electron chi connectivity index (χ4n) is 2.97. The number of carbonyl (C=O) groups excluding carboxylic acids is 1. The van der Waals surface area contributed by atoms with E-state index in [4.69, 9.17) is 0 Å². The van der Waals surface area contributed by atoms with Gasteiger partial charge in [0.2, 0.25) is 5.91 Å². The van der Waals surface area contributed by atoms with E-state index < -0.39 is 0 Å². The Morgan fingerprint density at radius 2 is 2.30 bits per heavy atom. The molecule has 1 amide bonds. The number of carbonyl (C=O) groups is 1. The number of rotatable bonds is 4. The largest absolute Gasteiger partial charge is 0.337 e. The Hall–Kier alpha value is -1.36. The topological polar surface area (TPSA) is 50.2 Å². The molecule has 2 atom stereocenters. The highest BCUT2D eigenvalue weighted by Gasteiger charge is 2.37. The predicted molar refractivity (Wildman–Crippen MR) is 77.0 cm³/mol. The minimum absolute atomic E-state index is 0.000353. The summed E-state index contributed by atoms with van der Waals surface area (Å²) in [7, 11) is 1.98. The molecule has 0 bridgehead atoms. The van der Waals surface area contributed by atoms with E-state index in [9.17, 15) is 4.79 Å². The van der Waals surface area contributed by atoms with Crippen LogP contribution < -0.4 is 5.32 Å². The molecule has 0 aromatic carbocycles. The third-order valence-corrected chi connectivity index (χ3v) is 4.47. The van der Waals surface area contributed by atoms with Crippen LogP contribution in [0.1, 0.15) is 38.4 Å². The number of nitrogens with zero attached hydrogens (tertiary/aromatic N) is 3. The normalized spacial score (nSPS) is 26.5. The first-order valence-corrected chi connectivity index (χ1v) is 7.65. The van der Waals surface area contributed by atoms with Gasteiger partial charge in [0.25, 0.3) is 0 Å². The molecule has 1 aromatic heterocycles. The molecule has 2 heterocycles. The molecule has 3 rings (SSSR count). The fourth-order valence-corrected chi connectivity index (χ4v) is 2.97. The number of nitrogens with one attached hydrogen (secondary N) is 1. The Morgan fingerprint density at radius 3 is 2.90 bits per heavy atom. The van der Waals surface area contributed by atoms with E-state index in [1.54, 1.807) is 6.20 Å². The molecule has 1 saturated carbocycles. The van der Waals surface area contributed by atoms with Crippen molar-refractivity contribution in [1.82, 2.24) is 19.8 Å². The third kappa shape index (κ3) is 2.87. The van der Waals surface area contributed by atoms with E-state index in [-0.39, 0.29) is 11.9 Å². The number of hydrogen-bond donors (Lipinski definition) is 1. The summed E-state index contributed by atoms with van der Waals surface area (Å²) in [6.07, 6.45) is 8.14. The number of piperidine rings is 1. The first-order chi connectivity index (χ1) is 9.65. The lowest BCUT2D eigenvalue weighted by molar-refractivity contribution is -0.135. The number of aryl methyl sites for hydroxylation is 1. The Labute approximate surface area is 120 Å². The summed E-state index contributed by atoms with van der Waals surface area (Å²) < 4.78 is 2.00. The van der Waals surface area contributed by atoms with Gasteiger partial charge in [-0.15, -0.1) is 0 Å². The number of imidazole rings is 1. The summed E-state index contributed by atoms with van der Waals surface area (Å²) in [6.45, 7) is 3.83. The molecule has 20 heavy (non-hydrogen) atoms. The van der Waals surface area contributed by atoms with Crippen molar-refractivity contribution in [1.29, 1.82) is 0 Å². The molecule has 5 nitrogen and oxygen atoms in total. The zero-order valence-corrected chi connectivity index (χ0v) is 12.4. The van der Waals surface area contributed by atoms with Crippen molar-refractivity contribution in [3.63, 3.8) is 0 Å². The Balaban J connectivity index is 1.70. The molecule has 2 aliphatic rings. The van der Waals surface area contributed by atoms with Crippen LogP contribution in [0.4, 0.5) is 0 Å². The molecule has 1 aliphatic carbocycles. The Morgan fingerprint density at radius 1 is 1.50 bits per heavy atom. The van der Waals surface area contributed by atoms with E-state index in [0.717, 1.165) is 31.6 Å². The van der Waals surface area contributed by atoms with Crippen LogP contribution in [0, 0.1) is 5.92 Å². The minimum Gasteiger partial charge on any atom is -0.337 e. The van der Waals surface area contributed by atoms with Gasteiger partial charge in [0.15, 0.2) is 0 Å². The van der Waals surface area contributed by atoms with Crippen molar-refractivity contribution in [3.05, 3.63) is 18.2 Å². The molecule has 2 unspecified atom stereocenters. The van der Waals surface area contributed by atoms with Crippen molar-refractivity contribution >= 4 is 5.91 Å². The van der Waals surface area contributed by atoms with Crippen molar-refractivity contribution in [2.24, 2.45) is 13.0 Å². The van der Waals surface area contributed by atoms with Crippen molar-refractivity contribution < 1.29 is 4.79 Å². The van der Waals surface area contributed by atoms with Gasteiger partial charge in [-0.25, -0.2) is 4.98 Å². The second-order valence-corrected chi connectivity index (χ2v) is 6.29. The van der Waals surface area contributed by atoms with Gasteiger partial charge in [-0.1, -0.05) is 6.92 Å². The summed E-state index contributed by atoms with van der Waals surface area (Å²) in [6, 6.07) is 0.429. The molecular weight excluding hydrogens is 252 g/mol. The first-order valence-electron chi connectivity index (χ1n) is 7.65. The number of aromatic nitrogens is 2. The van der Waals surface area contributed by atoms with E-state index in [2.05, 4.69) is 17.2 Å². The first kappa shape index (κ1) is 13.6. The maximum atomic E-state index is 12.8. The van der Waals surface area contributed by atoms with Crippen molar-refractivity contribution in [2.75, 3.05) is 6.54 Å². The van der Waals surface area contributed by atoms with E-state index >= 15 is 0 Å². The molecule has 1 N–H and O–H groups in total. The highest BCUT2D eigenvalue weighted by Crippen LogP contribution is 2.30. The van der Waals surface area contributed by atoms with E-state index in [0.29, 0.717) is 18.5 Å². The highest BCUT2D eigenvalue weighted by atomic mass is 16.2. The van der Waals surface area contributed by atoms with Gasteiger partial charge in [-0.3, -0.25) is 4.79 Å².